The summed E-state index contributed by atoms with van der Waals surface area (Å²) >= 11 is 0. The van der Waals surface area contributed by atoms with Gasteiger partial charge in [-0.15, -0.1) is 0 Å². The zero-order chi connectivity index (χ0) is 22.0. The van der Waals surface area contributed by atoms with Crippen molar-refractivity contribution >= 4 is 17.3 Å². The number of anilines is 2. The van der Waals surface area contributed by atoms with Gasteiger partial charge in [-0.1, -0.05) is 23.8 Å². The van der Waals surface area contributed by atoms with E-state index in [1.165, 1.54) is 28.1 Å². The second kappa shape index (κ2) is 8.90. The molecule has 5 nitrogen and oxygen atoms in total. The van der Waals surface area contributed by atoms with E-state index in [9.17, 15) is 9.90 Å². The van der Waals surface area contributed by atoms with E-state index in [0.29, 0.717) is 12.0 Å². The molecule has 2 heterocycles. The third-order valence-electron chi connectivity index (χ3n) is 6.38. The first-order valence-electron chi connectivity index (χ1n) is 10.7. The van der Waals surface area contributed by atoms with Gasteiger partial charge in [-0.05, 0) is 80.3 Å². The van der Waals surface area contributed by atoms with Gasteiger partial charge in [-0.25, -0.2) is 4.79 Å². The largest absolute Gasteiger partial charge is 0.478 e. The number of rotatable bonds is 6. The molecule has 1 aromatic heterocycles. The average Bonchev–Trinajstić information content (AvgIpc) is 2.78. The van der Waals surface area contributed by atoms with Gasteiger partial charge in [-0.2, -0.15) is 0 Å². The highest BCUT2D eigenvalue weighted by Gasteiger charge is 2.25. The number of aromatic nitrogens is 1. The summed E-state index contributed by atoms with van der Waals surface area (Å²) in [5, 5.41) is 9.46. The minimum absolute atomic E-state index is 0.268. The van der Waals surface area contributed by atoms with Crippen LogP contribution in [0.25, 0.3) is 0 Å². The van der Waals surface area contributed by atoms with Gasteiger partial charge in [0, 0.05) is 43.4 Å². The summed E-state index contributed by atoms with van der Waals surface area (Å²) in [5.41, 5.74) is 7.49. The van der Waals surface area contributed by atoms with Crippen molar-refractivity contribution in [1.29, 1.82) is 0 Å². The molecule has 0 fully saturated rings. The van der Waals surface area contributed by atoms with Crippen LogP contribution in [0.1, 0.15) is 45.1 Å². The molecule has 4 rings (SSSR count). The van der Waals surface area contributed by atoms with Crippen molar-refractivity contribution < 1.29 is 9.90 Å². The summed E-state index contributed by atoms with van der Waals surface area (Å²) in [5.74, 6) is -0.890. The minimum Gasteiger partial charge on any atom is -0.478 e. The maximum absolute atomic E-state index is 11.5. The lowest BCUT2D eigenvalue weighted by atomic mass is 9.88. The fraction of sp³-hybridized carbons (Fsp3) is 0.308. The van der Waals surface area contributed by atoms with E-state index in [2.05, 4.69) is 78.3 Å². The molecule has 0 saturated carbocycles. The number of aryl methyl sites for hydroxylation is 2. The first-order valence-corrected chi connectivity index (χ1v) is 10.7. The monoisotopic (exact) mass is 415 g/mol. The second-order valence-electron chi connectivity index (χ2n) is 8.40. The van der Waals surface area contributed by atoms with Gasteiger partial charge in [0.2, 0.25) is 0 Å². The predicted octanol–water partition coefficient (Wildman–Crippen LogP) is 5.02. The molecule has 3 aromatic rings. The van der Waals surface area contributed by atoms with Gasteiger partial charge >= 0.3 is 5.97 Å². The van der Waals surface area contributed by atoms with Crippen molar-refractivity contribution in [2.45, 2.75) is 32.2 Å². The van der Waals surface area contributed by atoms with Crippen LogP contribution >= 0.6 is 0 Å². The molecule has 1 atom stereocenters. The zero-order valence-corrected chi connectivity index (χ0v) is 18.4. The van der Waals surface area contributed by atoms with Gasteiger partial charge < -0.3 is 10.0 Å². The molecule has 2 aromatic carbocycles. The molecule has 0 spiro atoms. The summed E-state index contributed by atoms with van der Waals surface area (Å²) in [4.78, 5) is 20.3. The molecule has 31 heavy (non-hydrogen) atoms. The Balaban J connectivity index is 1.56. The molecule has 5 heteroatoms. The number of hydrogen-bond donors (Lipinski definition) is 1. The number of fused-ring (bicyclic) bond motifs is 1. The molecule has 1 N–H and O–H groups in total. The Kier molecular flexibility index (Phi) is 6.05. The van der Waals surface area contributed by atoms with Crippen LogP contribution in [0.4, 0.5) is 11.4 Å². The number of nitrogens with zero attached hydrogens (tertiary/aromatic N) is 3. The highest BCUT2D eigenvalue weighted by Crippen LogP contribution is 2.35. The molecule has 0 bridgehead atoms. The third kappa shape index (κ3) is 4.47. The predicted molar refractivity (Wildman–Crippen MR) is 124 cm³/mol. The highest BCUT2D eigenvalue weighted by molar-refractivity contribution is 5.89. The SMILES string of the molecule is Cc1ccc(N(C)c2ccc3c(c2)CCN(C)[C@@H]3CCc2cnccc2C(=O)O)cc1. The average molecular weight is 416 g/mol. The fourth-order valence-corrected chi connectivity index (χ4v) is 4.45. The van der Waals surface area contributed by atoms with Gasteiger partial charge in [-0.3, -0.25) is 9.88 Å². The van der Waals surface area contributed by atoms with Crippen LogP contribution in [0.15, 0.2) is 60.9 Å². The minimum atomic E-state index is -0.890. The molecule has 1 aliphatic rings. The van der Waals surface area contributed by atoms with Gasteiger partial charge in [0.15, 0.2) is 0 Å². The number of hydrogen-bond acceptors (Lipinski definition) is 4. The molecule has 160 valence electrons. The van der Waals surface area contributed by atoms with Crippen molar-refractivity contribution in [2.75, 3.05) is 25.5 Å². The van der Waals surface area contributed by atoms with Crippen molar-refractivity contribution in [3.63, 3.8) is 0 Å². The van der Waals surface area contributed by atoms with Crippen molar-refractivity contribution in [2.24, 2.45) is 0 Å². The van der Waals surface area contributed by atoms with Gasteiger partial charge in [0.25, 0.3) is 0 Å². The van der Waals surface area contributed by atoms with E-state index < -0.39 is 5.97 Å². The number of likely N-dealkylation sites (N-methyl/N-ethyl adjacent to an activating group) is 1. The summed E-state index contributed by atoms with van der Waals surface area (Å²) in [6, 6.07) is 17.2. The van der Waals surface area contributed by atoms with Crippen molar-refractivity contribution in [3.8, 4) is 0 Å². The molecular formula is C26H29N3O2. The quantitative estimate of drug-likeness (QED) is 0.613. The van der Waals surface area contributed by atoms with Crippen LogP contribution in [0, 0.1) is 6.92 Å². The molecule has 0 amide bonds. The summed E-state index contributed by atoms with van der Waals surface area (Å²) in [6.45, 7) is 3.10. The van der Waals surface area contributed by atoms with E-state index in [0.717, 1.165) is 24.9 Å². The fourth-order valence-electron chi connectivity index (χ4n) is 4.45. The highest BCUT2D eigenvalue weighted by atomic mass is 16.4. The van der Waals surface area contributed by atoms with Crippen LogP contribution in [-0.2, 0) is 12.8 Å². The first-order chi connectivity index (χ1) is 14.9. The second-order valence-corrected chi connectivity index (χ2v) is 8.40. The number of carboxylic acid groups (broad SMARTS) is 1. The zero-order valence-electron chi connectivity index (χ0n) is 18.4. The molecule has 0 radical (unpaired) electrons. The molecule has 0 saturated heterocycles. The number of pyridine rings is 1. The van der Waals surface area contributed by atoms with E-state index in [4.69, 9.17) is 0 Å². The Morgan fingerprint density at radius 2 is 1.90 bits per heavy atom. The van der Waals surface area contributed by atoms with Crippen LogP contribution in [-0.4, -0.2) is 41.6 Å². The maximum Gasteiger partial charge on any atom is 0.336 e. The number of carbonyl (C=O) groups is 1. The first kappa shape index (κ1) is 21.1. The Morgan fingerprint density at radius 1 is 1.16 bits per heavy atom. The smallest absolute Gasteiger partial charge is 0.336 e. The Labute approximate surface area is 184 Å². The Bertz CT molecular complexity index is 1080. The lowest BCUT2D eigenvalue weighted by Gasteiger charge is -2.35. The van der Waals surface area contributed by atoms with Gasteiger partial charge in [0.1, 0.15) is 0 Å². The van der Waals surface area contributed by atoms with E-state index in [1.807, 2.05) is 0 Å². The van der Waals surface area contributed by atoms with Crippen molar-refractivity contribution in [1.82, 2.24) is 9.88 Å². The Hall–Kier alpha value is -3.18. The maximum atomic E-state index is 11.5. The molecule has 0 unspecified atom stereocenters. The van der Waals surface area contributed by atoms with Crippen LogP contribution in [0.3, 0.4) is 0 Å². The summed E-state index contributed by atoms with van der Waals surface area (Å²) < 4.78 is 0. The summed E-state index contributed by atoms with van der Waals surface area (Å²) in [7, 11) is 4.26. The topological polar surface area (TPSA) is 56.7 Å². The number of aromatic carboxylic acids is 1. The van der Waals surface area contributed by atoms with Gasteiger partial charge in [0.05, 0.1) is 5.56 Å². The van der Waals surface area contributed by atoms with E-state index >= 15 is 0 Å². The lowest BCUT2D eigenvalue weighted by molar-refractivity contribution is 0.0695. The number of carboxylic acids is 1. The molecule has 0 aliphatic carbocycles. The van der Waals surface area contributed by atoms with Crippen LogP contribution in [0.5, 0.6) is 0 Å². The Morgan fingerprint density at radius 3 is 2.65 bits per heavy atom. The normalized spacial score (nSPS) is 16.0. The van der Waals surface area contributed by atoms with Crippen LogP contribution in [0.2, 0.25) is 0 Å². The van der Waals surface area contributed by atoms with E-state index in [1.54, 1.807) is 18.5 Å². The summed E-state index contributed by atoms with van der Waals surface area (Å²) in [6.07, 6.45) is 5.80. The molecule has 1 aliphatic heterocycles. The molecular weight excluding hydrogens is 386 g/mol. The standard InChI is InChI=1S/C26H29N3O2/c1-18-4-7-21(8-5-18)29(3)22-9-10-23-19(16-22)13-15-28(2)25(23)11-6-20-17-27-14-12-24(20)26(30)31/h4-5,7-10,12,14,16-17,25H,6,11,13,15H2,1-3H3,(H,30,31)/t25-/m1/s1. The van der Waals surface area contributed by atoms with E-state index in [-0.39, 0.29) is 6.04 Å². The van der Waals surface area contributed by atoms with Crippen LogP contribution < -0.4 is 4.90 Å². The van der Waals surface area contributed by atoms with Crippen molar-refractivity contribution in [3.05, 3.63) is 88.7 Å². The third-order valence-corrected chi connectivity index (χ3v) is 6.38. The number of benzene rings is 2. The lowest BCUT2D eigenvalue weighted by Crippen LogP contribution is -2.32.